The second-order valence-electron chi connectivity index (χ2n) is 5.99. The number of nitrogens with zero attached hydrogens (tertiary/aromatic N) is 2. The Bertz CT molecular complexity index is 836. The molecule has 1 aliphatic rings. The van der Waals surface area contributed by atoms with Gasteiger partial charge in [-0.15, -0.1) is 12.4 Å². The molecule has 28 heavy (non-hydrogen) atoms. The van der Waals surface area contributed by atoms with Gasteiger partial charge in [-0.2, -0.15) is 8.78 Å². The first-order valence-corrected chi connectivity index (χ1v) is 8.33. The van der Waals surface area contributed by atoms with Crippen molar-refractivity contribution in [3.05, 3.63) is 48.2 Å². The van der Waals surface area contributed by atoms with Gasteiger partial charge in [-0.05, 0) is 37.1 Å². The number of aromatic nitrogens is 1. The molecular weight excluding hydrogens is 394 g/mol. The second-order valence-corrected chi connectivity index (χ2v) is 5.99. The van der Waals surface area contributed by atoms with Crippen molar-refractivity contribution >= 4 is 35.7 Å². The van der Waals surface area contributed by atoms with E-state index in [4.69, 9.17) is 5.73 Å². The van der Waals surface area contributed by atoms with Crippen LogP contribution in [0, 0.1) is 0 Å². The van der Waals surface area contributed by atoms with E-state index in [0.717, 1.165) is 0 Å². The van der Waals surface area contributed by atoms with Crippen LogP contribution in [0.4, 0.5) is 20.3 Å². The van der Waals surface area contributed by atoms with Crippen molar-refractivity contribution in [2.75, 3.05) is 17.6 Å². The lowest BCUT2D eigenvalue weighted by molar-refractivity contribution is -0.119. The number of nitrogens with two attached hydrogens (primary N) is 1. The number of nitrogens with one attached hydrogen (secondary N) is 1. The number of para-hydroxylation sites is 1. The normalized spacial score (nSPS) is 15.8. The molecule has 10 heteroatoms. The average molecular weight is 413 g/mol. The van der Waals surface area contributed by atoms with Crippen LogP contribution in [0.2, 0.25) is 0 Å². The van der Waals surface area contributed by atoms with Crippen molar-refractivity contribution in [3.8, 4) is 5.75 Å². The summed E-state index contributed by atoms with van der Waals surface area (Å²) in [6, 6.07) is 8.18. The van der Waals surface area contributed by atoms with Gasteiger partial charge >= 0.3 is 6.61 Å². The number of ether oxygens (including phenoxy) is 1. The number of nitrogen functional groups attached to an aromatic ring is 1. The molecule has 1 aromatic carbocycles. The maximum atomic E-state index is 12.9. The molecule has 7 nitrogen and oxygen atoms in total. The van der Waals surface area contributed by atoms with Crippen molar-refractivity contribution in [1.29, 1.82) is 0 Å². The quantitative estimate of drug-likeness (QED) is 0.786. The summed E-state index contributed by atoms with van der Waals surface area (Å²) in [5.74, 6) is -0.799. The number of anilines is 2. The zero-order valence-electron chi connectivity index (χ0n) is 14.7. The SMILES string of the molecule is Cl.Nc1ccc(NC(=O)C2CCCN2C(=O)c2ccccc2OC(F)F)cn1. The highest BCUT2D eigenvalue weighted by atomic mass is 35.5. The molecule has 2 aromatic rings. The van der Waals surface area contributed by atoms with Crippen LogP contribution in [0.1, 0.15) is 23.2 Å². The van der Waals surface area contributed by atoms with Gasteiger partial charge in [0.1, 0.15) is 17.6 Å². The summed E-state index contributed by atoms with van der Waals surface area (Å²) in [7, 11) is 0. The smallest absolute Gasteiger partial charge is 0.387 e. The van der Waals surface area contributed by atoms with E-state index >= 15 is 0 Å². The molecule has 0 spiro atoms. The van der Waals surface area contributed by atoms with Crippen LogP contribution in [0.5, 0.6) is 5.75 Å². The van der Waals surface area contributed by atoms with Gasteiger partial charge in [0.15, 0.2) is 0 Å². The first-order chi connectivity index (χ1) is 13.0. The molecular formula is C18H19ClF2N4O3. The highest BCUT2D eigenvalue weighted by molar-refractivity contribution is 6.02. The van der Waals surface area contributed by atoms with Crippen LogP contribution in [-0.4, -0.2) is 40.9 Å². The molecule has 1 atom stereocenters. The number of likely N-dealkylation sites (tertiary alicyclic amines) is 1. The predicted molar refractivity (Wildman–Crippen MR) is 102 cm³/mol. The Morgan fingerprint density at radius 1 is 1.25 bits per heavy atom. The average Bonchev–Trinajstić information content (AvgIpc) is 3.13. The summed E-state index contributed by atoms with van der Waals surface area (Å²) in [5.41, 5.74) is 5.96. The molecule has 1 aliphatic heterocycles. The van der Waals surface area contributed by atoms with Gasteiger partial charge < -0.3 is 20.7 Å². The van der Waals surface area contributed by atoms with Gasteiger partial charge in [-0.1, -0.05) is 12.1 Å². The number of halogens is 3. The minimum Gasteiger partial charge on any atom is -0.434 e. The number of benzene rings is 1. The van der Waals surface area contributed by atoms with E-state index in [0.29, 0.717) is 30.9 Å². The van der Waals surface area contributed by atoms with Gasteiger partial charge in [-0.3, -0.25) is 9.59 Å². The zero-order chi connectivity index (χ0) is 19.4. The number of carbonyl (C=O) groups is 2. The lowest BCUT2D eigenvalue weighted by Gasteiger charge is -2.24. The predicted octanol–water partition coefficient (Wildman–Crippen LogP) is 2.93. The molecule has 2 heterocycles. The Morgan fingerprint density at radius 2 is 2.00 bits per heavy atom. The largest absolute Gasteiger partial charge is 0.434 e. The molecule has 3 N–H and O–H groups in total. The third-order valence-corrected chi connectivity index (χ3v) is 4.20. The van der Waals surface area contributed by atoms with Crippen molar-refractivity contribution in [3.63, 3.8) is 0 Å². The number of hydrogen-bond donors (Lipinski definition) is 2. The van der Waals surface area contributed by atoms with Crippen molar-refractivity contribution in [2.45, 2.75) is 25.5 Å². The van der Waals surface area contributed by atoms with Gasteiger partial charge in [0.25, 0.3) is 5.91 Å². The fraction of sp³-hybridized carbons (Fsp3) is 0.278. The zero-order valence-corrected chi connectivity index (χ0v) is 15.5. The van der Waals surface area contributed by atoms with E-state index < -0.39 is 18.6 Å². The fourth-order valence-corrected chi connectivity index (χ4v) is 2.98. The standard InChI is InChI=1S/C18H18F2N4O3.ClH/c19-18(20)27-14-6-2-1-4-12(14)17(26)24-9-3-5-13(24)16(25)23-11-7-8-15(21)22-10-11;/h1-2,4,6-8,10,13,18H,3,5,9H2,(H2,21,22)(H,23,25);1H. The fourth-order valence-electron chi connectivity index (χ4n) is 2.98. The molecule has 2 amide bonds. The Labute approximate surface area is 166 Å². The van der Waals surface area contributed by atoms with E-state index in [9.17, 15) is 18.4 Å². The number of amides is 2. The van der Waals surface area contributed by atoms with Crippen LogP contribution >= 0.6 is 12.4 Å². The van der Waals surface area contributed by atoms with Gasteiger partial charge in [0.2, 0.25) is 5.91 Å². The molecule has 0 saturated carbocycles. The molecule has 150 valence electrons. The van der Waals surface area contributed by atoms with Gasteiger partial charge in [-0.25, -0.2) is 4.98 Å². The molecule has 1 aromatic heterocycles. The minimum atomic E-state index is -3.05. The summed E-state index contributed by atoms with van der Waals surface area (Å²) < 4.78 is 29.6. The number of carbonyl (C=O) groups excluding carboxylic acids is 2. The summed E-state index contributed by atoms with van der Waals surface area (Å²) in [5, 5.41) is 2.69. The Morgan fingerprint density at radius 3 is 2.68 bits per heavy atom. The maximum absolute atomic E-state index is 12.9. The van der Waals surface area contributed by atoms with Gasteiger partial charge in [0.05, 0.1) is 17.4 Å². The molecule has 3 rings (SSSR count). The highest BCUT2D eigenvalue weighted by Gasteiger charge is 2.35. The van der Waals surface area contributed by atoms with Crippen LogP contribution < -0.4 is 15.8 Å². The Kier molecular flexibility index (Phi) is 7.11. The first kappa shape index (κ1) is 21.4. The van der Waals surface area contributed by atoms with E-state index in [1.54, 1.807) is 18.2 Å². The molecule has 0 aliphatic carbocycles. The Balaban J connectivity index is 0.00000280. The van der Waals surface area contributed by atoms with E-state index in [1.807, 2.05) is 0 Å². The lowest BCUT2D eigenvalue weighted by Crippen LogP contribution is -2.43. The van der Waals surface area contributed by atoms with Gasteiger partial charge in [0, 0.05) is 6.54 Å². The lowest BCUT2D eigenvalue weighted by atomic mass is 10.1. The molecule has 1 saturated heterocycles. The van der Waals surface area contributed by atoms with Crippen molar-refractivity contribution in [2.24, 2.45) is 0 Å². The van der Waals surface area contributed by atoms with Crippen LogP contribution in [-0.2, 0) is 4.79 Å². The number of alkyl halides is 2. The van der Waals surface area contributed by atoms with Crippen LogP contribution in [0.3, 0.4) is 0 Å². The summed E-state index contributed by atoms with van der Waals surface area (Å²) >= 11 is 0. The summed E-state index contributed by atoms with van der Waals surface area (Å²) in [6.45, 7) is -2.70. The molecule has 0 bridgehead atoms. The number of pyridine rings is 1. The van der Waals surface area contributed by atoms with Crippen molar-refractivity contribution in [1.82, 2.24) is 9.88 Å². The first-order valence-electron chi connectivity index (χ1n) is 8.33. The van der Waals surface area contributed by atoms with Crippen LogP contribution in [0.15, 0.2) is 42.6 Å². The van der Waals surface area contributed by atoms with E-state index in [2.05, 4.69) is 15.0 Å². The molecule has 1 fully saturated rings. The third kappa shape index (κ3) is 4.86. The van der Waals surface area contributed by atoms with E-state index in [1.165, 1.54) is 29.3 Å². The third-order valence-electron chi connectivity index (χ3n) is 4.20. The highest BCUT2D eigenvalue weighted by Crippen LogP contribution is 2.27. The van der Waals surface area contributed by atoms with Crippen molar-refractivity contribution < 1.29 is 23.1 Å². The molecule has 1 unspecified atom stereocenters. The number of hydrogen-bond acceptors (Lipinski definition) is 5. The topological polar surface area (TPSA) is 97.6 Å². The Hall–Kier alpha value is -2.94. The van der Waals surface area contributed by atoms with Crippen LogP contribution in [0.25, 0.3) is 0 Å². The van der Waals surface area contributed by atoms with E-state index in [-0.39, 0.29) is 29.6 Å². The molecule has 0 radical (unpaired) electrons. The summed E-state index contributed by atoms with van der Waals surface area (Å²) in [4.78, 5) is 30.7. The maximum Gasteiger partial charge on any atom is 0.387 e. The summed E-state index contributed by atoms with van der Waals surface area (Å²) in [6.07, 6.45) is 2.51. The number of rotatable bonds is 5. The monoisotopic (exact) mass is 412 g/mol. The second kappa shape index (κ2) is 9.32. The minimum absolute atomic E-state index is 0.